The topological polar surface area (TPSA) is 98.1 Å². The van der Waals surface area contributed by atoms with E-state index in [1.807, 2.05) is 0 Å². The van der Waals surface area contributed by atoms with Crippen LogP contribution in [0.2, 0.25) is 0 Å². The smallest absolute Gasteiger partial charge is 0.321 e. The Balaban J connectivity index is 2.60. The van der Waals surface area contributed by atoms with E-state index in [9.17, 15) is 14.6 Å². The number of amides is 1. The molecule has 0 aliphatic heterocycles. The number of rotatable bonds is 4. The number of benzene rings is 1. The summed E-state index contributed by atoms with van der Waals surface area (Å²) in [5, 5.41) is 9.72. The predicted molar refractivity (Wildman–Crippen MR) is 60.4 cm³/mol. The van der Waals surface area contributed by atoms with E-state index < -0.39 is 13.5 Å². The maximum absolute atomic E-state index is 11.5. The average Bonchev–Trinajstić information content (AvgIpc) is 2.27. The molecule has 3 N–H and O–H groups in total. The number of hydroxylamine groups is 2. The van der Waals surface area contributed by atoms with E-state index >= 15 is 0 Å². The Bertz CT molecular complexity index is 453. The Hall–Kier alpha value is -1.46. The molecule has 1 aromatic rings. The zero-order valence-electron chi connectivity index (χ0n) is 8.80. The Morgan fingerprint density at radius 2 is 1.88 bits per heavy atom. The third-order valence-corrected chi connectivity index (χ3v) is 2.43. The lowest BCUT2D eigenvalue weighted by Crippen LogP contribution is -2.27. The lowest BCUT2D eigenvalue weighted by molar-refractivity contribution is -0.0494. The maximum Gasteiger partial charge on any atom is 0.348 e. The molecule has 1 amide bonds. The first-order valence-electron chi connectivity index (χ1n) is 4.69. The molecule has 0 aliphatic carbocycles. The Morgan fingerprint density at radius 1 is 1.29 bits per heavy atom. The molecule has 0 saturated heterocycles. The van der Waals surface area contributed by atoms with E-state index in [1.165, 1.54) is 12.1 Å². The molecule has 0 fully saturated rings. The minimum atomic E-state index is -4.25. The van der Waals surface area contributed by atoms with Crippen molar-refractivity contribution in [2.24, 2.45) is 0 Å². The highest BCUT2D eigenvalue weighted by Crippen LogP contribution is 2.35. The second kappa shape index (κ2) is 5.75. The maximum atomic E-state index is 11.5. The van der Waals surface area contributed by atoms with Crippen molar-refractivity contribution in [1.29, 1.82) is 0 Å². The van der Waals surface area contributed by atoms with Gasteiger partial charge in [0.25, 0.3) is 5.91 Å². The van der Waals surface area contributed by atoms with Crippen LogP contribution in [0.1, 0.15) is 10.4 Å². The van der Waals surface area contributed by atoms with Crippen LogP contribution in [0, 0.1) is 0 Å². The van der Waals surface area contributed by atoms with Gasteiger partial charge in [-0.15, -0.1) is 0 Å². The van der Waals surface area contributed by atoms with Crippen LogP contribution in [-0.4, -0.2) is 32.5 Å². The molecule has 0 radical (unpaired) electrons. The van der Waals surface area contributed by atoms with Gasteiger partial charge in [-0.3, -0.25) is 14.6 Å². The van der Waals surface area contributed by atoms with Crippen LogP contribution in [0.3, 0.4) is 0 Å². The third-order valence-electron chi connectivity index (χ3n) is 1.83. The van der Waals surface area contributed by atoms with Gasteiger partial charge in [0, 0.05) is 11.4 Å². The van der Waals surface area contributed by atoms with Gasteiger partial charge in [0.1, 0.15) is 0 Å². The van der Waals surface area contributed by atoms with Crippen LogP contribution in [0.25, 0.3) is 0 Å². The quantitative estimate of drug-likeness (QED) is 0.428. The first-order chi connectivity index (χ1) is 7.90. The zero-order chi connectivity index (χ0) is 12.9. The van der Waals surface area contributed by atoms with E-state index in [4.69, 9.17) is 9.79 Å². The predicted octanol–water partition coefficient (Wildman–Crippen LogP) is 1.21. The molecule has 0 bridgehead atoms. The van der Waals surface area contributed by atoms with Gasteiger partial charge in [0.05, 0.1) is 6.54 Å². The van der Waals surface area contributed by atoms with Crippen LogP contribution in [0.5, 0.6) is 0 Å². The van der Waals surface area contributed by atoms with Gasteiger partial charge >= 0.3 is 7.60 Å². The largest absolute Gasteiger partial charge is 0.348 e. The normalized spacial score (nSPS) is 11.7. The summed E-state index contributed by atoms with van der Waals surface area (Å²) in [5.74, 6) is -0.00457. The van der Waals surface area contributed by atoms with Gasteiger partial charge in [-0.2, -0.15) is 0 Å². The molecule has 0 spiro atoms. The van der Waals surface area contributed by atoms with Crippen LogP contribution in [0.15, 0.2) is 42.2 Å². The first-order valence-corrected chi connectivity index (χ1v) is 6.37. The number of carbonyl (C=O) groups excluding carboxylic acids is 1. The monoisotopic (exact) mass is 257 g/mol. The molecule has 0 aromatic heterocycles. The van der Waals surface area contributed by atoms with Crippen molar-refractivity contribution in [3.63, 3.8) is 0 Å². The molecular weight excluding hydrogens is 245 g/mol. The summed E-state index contributed by atoms with van der Waals surface area (Å²) in [6.07, 6.45) is 1.03. The highest BCUT2D eigenvalue weighted by atomic mass is 31.2. The fourth-order valence-corrected chi connectivity index (χ4v) is 1.47. The Morgan fingerprint density at radius 3 is 2.41 bits per heavy atom. The summed E-state index contributed by atoms with van der Waals surface area (Å²) in [5.41, 5.74) is 0.291. The number of hydrogen-bond donors (Lipinski definition) is 3. The SMILES string of the molecule is O=C(c1ccccc1)N(O)C/C=C/P(=O)(O)O. The van der Waals surface area contributed by atoms with Gasteiger partial charge < -0.3 is 9.79 Å². The fraction of sp³-hybridized carbons (Fsp3) is 0.100. The molecule has 0 aliphatic rings. The molecule has 7 heteroatoms. The van der Waals surface area contributed by atoms with Crippen LogP contribution < -0.4 is 0 Å². The Kier molecular flexibility index (Phi) is 4.60. The molecule has 0 unspecified atom stereocenters. The van der Waals surface area contributed by atoms with E-state index in [0.29, 0.717) is 16.4 Å². The second-order valence-corrected chi connectivity index (χ2v) is 4.70. The van der Waals surface area contributed by atoms with E-state index in [0.717, 1.165) is 6.08 Å². The minimum Gasteiger partial charge on any atom is -0.321 e. The average molecular weight is 257 g/mol. The summed E-state index contributed by atoms with van der Waals surface area (Å²) in [4.78, 5) is 28.6. The van der Waals surface area contributed by atoms with Gasteiger partial charge in [-0.1, -0.05) is 24.3 Å². The molecule has 0 heterocycles. The lowest BCUT2D eigenvalue weighted by atomic mass is 10.2. The second-order valence-electron chi connectivity index (χ2n) is 3.23. The fourth-order valence-electron chi connectivity index (χ4n) is 1.10. The van der Waals surface area contributed by atoms with Crippen molar-refractivity contribution in [2.75, 3.05) is 6.54 Å². The first kappa shape index (κ1) is 13.6. The van der Waals surface area contributed by atoms with Crippen molar-refractivity contribution in [3.8, 4) is 0 Å². The van der Waals surface area contributed by atoms with Crippen LogP contribution in [-0.2, 0) is 4.57 Å². The lowest BCUT2D eigenvalue weighted by Gasteiger charge is -2.12. The number of nitrogens with zero attached hydrogens (tertiary/aromatic N) is 1. The van der Waals surface area contributed by atoms with Gasteiger partial charge in [-0.05, 0) is 12.1 Å². The number of hydrogen-bond acceptors (Lipinski definition) is 3. The summed E-state index contributed by atoms with van der Waals surface area (Å²) < 4.78 is 10.5. The third kappa shape index (κ3) is 4.93. The summed E-state index contributed by atoms with van der Waals surface area (Å²) in [6.45, 7) is -0.293. The highest BCUT2D eigenvalue weighted by Gasteiger charge is 2.12. The van der Waals surface area contributed by atoms with Gasteiger partial charge in [0.15, 0.2) is 0 Å². The highest BCUT2D eigenvalue weighted by molar-refractivity contribution is 7.55. The molecular formula is C10H12NO5P. The van der Waals surface area contributed by atoms with E-state index in [-0.39, 0.29) is 6.54 Å². The zero-order valence-corrected chi connectivity index (χ0v) is 9.70. The van der Waals surface area contributed by atoms with Crippen molar-refractivity contribution >= 4 is 13.5 Å². The van der Waals surface area contributed by atoms with Gasteiger partial charge in [0.2, 0.25) is 0 Å². The van der Waals surface area contributed by atoms with E-state index in [1.54, 1.807) is 18.2 Å². The van der Waals surface area contributed by atoms with E-state index in [2.05, 4.69) is 0 Å². The van der Waals surface area contributed by atoms with Gasteiger partial charge in [-0.25, -0.2) is 5.06 Å². The molecule has 17 heavy (non-hydrogen) atoms. The molecule has 1 aromatic carbocycles. The van der Waals surface area contributed by atoms with Crippen molar-refractivity contribution in [1.82, 2.24) is 5.06 Å². The summed E-state index contributed by atoms with van der Waals surface area (Å²) in [7, 11) is -4.25. The summed E-state index contributed by atoms with van der Waals surface area (Å²) in [6, 6.07) is 8.07. The standard InChI is InChI=1S/C10H12NO5P/c12-10(9-5-2-1-3-6-9)11(13)7-4-8-17(14,15)16/h1-6,8,13H,7H2,(H2,14,15,16)/b8-4+. The number of carbonyl (C=O) groups is 1. The molecule has 6 nitrogen and oxygen atoms in total. The summed E-state index contributed by atoms with van der Waals surface area (Å²) >= 11 is 0. The minimum absolute atomic E-state index is 0.291. The van der Waals surface area contributed by atoms with Crippen molar-refractivity contribution in [3.05, 3.63) is 47.8 Å². The van der Waals surface area contributed by atoms with Crippen molar-refractivity contribution in [2.45, 2.75) is 0 Å². The van der Waals surface area contributed by atoms with Crippen LogP contribution >= 0.6 is 7.60 Å². The molecule has 92 valence electrons. The van der Waals surface area contributed by atoms with Crippen molar-refractivity contribution < 1.29 is 24.4 Å². The molecule has 0 saturated carbocycles. The molecule has 0 atom stereocenters. The van der Waals surface area contributed by atoms with Crippen LogP contribution in [0.4, 0.5) is 0 Å². The molecule has 1 rings (SSSR count). The Labute approximate surface area is 97.9 Å².